The van der Waals surface area contributed by atoms with Gasteiger partial charge in [0.2, 0.25) is 11.8 Å². The van der Waals surface area contributed by atoms with Gasteiger partial charge in [-0.05, 0) is 12.1 Å². The normalized spacial score (nSPS) is 21.4. The number of piperazine rings is 1. The molecular weight excluding hydrogens is 372 g/mol. The topological polar surface area (TPSA) is 82.6 Å². The highest BCUT2D eigenvalue weighted by Crippen LogP contribution is 2.24. The van der Waals surface area contributed by atoms with E-state index in [9.17, 15) is 14.4 Å². The summed E-state index contributed by atoms with van der Waals surface area (Å²) in [5.74, 6) is -0.421. The van der Waals surface area contributed by atoms with Gasteiger partial charge in [0.05, 0.1) is 16.8 Å². The Bertz CT molecular complexity index is 828. The van der Waals surface area contributed by atoms with E-state index in [0.717, 1.165) is 41.9 Å². The number of rotatable bonds is 4. The molecule has 2 aliphatic rings. The second-order valence-electron chi connectivity index (χ2n) is 6.32. The Morgan fingerprint density at radius 1 is 1.19 bits per heavy atom. The minimum absolute atomic E-state index is 0.0630. The second-order valence-corrected chi connectivity index (χ2v) is 8.61. The zero-order valence-corrected chi connectivity index (χ0v) is 15.6. The van der Waals surface area contributed by atoms with Crippen molar-refractivity contribution in [1.82, 2.24) is 20.1 Å². The summed E-state index contributed by atoms with van der Waals surface area (Å²) in [4.78, 5) is 43.9. The van der Waals surface area contributed by atoms with Crippen LogP contribution < -0.4 is 5.32 Å². The van der Waals surface area contributed by atoms with Gasteiger partial charge in [-0.1, -0.05) is 23.9 Å². The number of para-hydroxylation sites is 1. The zero-order valence-electron chi connectivity index (χ0n) is 14.0. The average Bonchev–Trinajstić information content (AvgIpc) is 3.17. The van der Waals surface area contributed by atoms with Crippen LogP contribution in [0.5, 0.6) is 0 Å². The number of imide groups is 1. The van der Waals surface area contributed by atoms with Crippen LogP contribution >= 0.6 is 23.1 Å². The summed E-state index contributed by atoms with van der Waals surface area (Å²) in [6, 6.07) is 8.11. The Balaban J connectivity index is 1.29. The van der Waals surface area contributed by atoms with Crippen molar-refractivity contribution in [2.45, 2.75) is 18.2 Å². The van der Waals surface area contributed by atoms with E-state index < -0.39 is 5.25 Å². The van der Waals surface area contributed by atoms with Gasteiger partial charge in [-0.2, -0.15) is 0 Å². The van der Waals surface area contributed by atoms with E-state index in [2.05, 4.69) is 21.3 Å². The van der Waals surface area contributed by atoms with Crippen LogP contribution in [0.25, 0.3) is 10.2 Å². The first-order chi connectivity index (χ1) is 12.6. The third-order valence-electron chi connectivity index (χ3n) is 4.55. The Kier molecular flexibility index (Phi) is 4.92. The fourth-order valence-corrected chi connectivity index (χ4v) is 4.97. The zero-order chi connectivity index (χ0) is 18.1. The van der Waals surface area contributed by atoms with Crippen molar-refractivity contribution in [1.29, 1.82) is 0 Å². The molecule has 0 saturated carbocycles. The fraction of sp³-hybridized carbons (Fsp3) is 0.412. The van der Waals surface area contributed by atoms with E-state index >= 15 is 0 Å². The molecule has 3 heterocycles. The van der Waals surface area contributed by atoms with Gasteiger partial charge in [-0.15, -0.1) is 11.3 Å². The van der Waals surface area contributed by atoms with Gasteiger partial charge in [0.1, 0.15) is 10.3 Å². The van der Waals surface area contributed by atoms with Crippen molar-refractivity contribution < 1.29 is 14.4 Å². The summed E-state index contributed by atoms with van der Waals surface area (Å²) >= 11 is 2.61. The Labute approximate surface area is 158 Å². The molecule has 4 rings (SSSR count). The average molecular weight is 390 g/mol. The number of hydrogen-bond acceptors (Lipinski definition) is 7. The molecule has 7 nitrogen and oxygen atoms in total. The van der Waals surface area contributed by atoms with Crippen molar-refractivity contribution >= 4 is 50.4 Å². The van der Waals surface area contributed by atoms with Crippen LogP contribution in [-0.4, -0.2) is 63.3 Å². The minimum atomic E-state index is -0.587. The highest BCUT2D eigenvalue weighted by atomic mass is 32.2. The van der Waals surface area contributed by atoms with Crippen molar-refractivity contribution in [2.75, 3.05) is 26.2 Å². The number of benzene rings is 1. The van der Waals surface area contributed by atoms with Crippen LogP contribution in [0.4, 0.5) is 4.79 Å². The fourth-order valence-electron chi connectivity index (χ4n) is 3.15. The predicted octanol–water partition coefficient (Wildman–Crippen LogP) is 1.68. The highest BCUT2D eigenvalue weighted by molar-refractivity contribution is 8.15. The number of aromatic nitrogens is 1. The first-order valence-corrected chi connectivity index (χ1v) is 10.1. The number of amides is 3. The predicted molar refractivity (Wildman–Crippen MR) is 101 cm³/mol. The third kappa shape index (κ3) is 3.74. The SMILES string of the molecule is O=C1NC(=O)C(CC(=O)N2CCN(Cc3nc4ccccc4s3)CC2)S1. The molecule has 3 amide bonds. The molecule has 1 aromatic heterocycles. The molecule has 1 aromatic carbocycles. The number of nitrogens with one attached hydrogen (secondary N) is 1. The van der Waals surface area contributed by atoms with Gasteiger partial charge in [-0.25, -0.2) is 4.98 Å². The third-order valence-corrected chi connectivity index (χ3v) is 6.55. The van der Waals surface area contributed by atoms with Crippen LogP contribution in [0.15, 0.2) is 24.3 Å². The maximum atomic E-state index is 12.4. The van der Waals surface area contributed by atoms with Crippen molar-refractivity contribution in [3.63, 3.8) is 0 Å². The minimum Gasteiger partial charge on any atom is -0.340 e. The lowest BCUT2D eigenvalue weighted by Gasteiger charge is -2.34. The molecule has 0 aliphatic carbocycles. The molecule has 0 spiro atoms. The summed E-state index contributed by atoms with van der Waals surface area (Å²) in [7, 11) is 0. The standard InChI is InChI=1S/C17H18N4O3S2/c22-15(9-13-16(23)19-17(24)26-13)21-7-5-20(6-8-21)10-14-18-11-3-1-2-4-12(11)25-14/h1-4,13H,5-10H2,(H,19,23,24). The highest BCUT2D eigenvalue weighted by Gasteiger charge is 2.35. The van der Waals surface area contributed by atoms with Crippen molar-refractivity contribution in [3.05, 3.63) is 29.3 Å². The van der Waals surface area contributed by atoms with Crippen LogP contribution in [0.1, 0.15) is 11.4 Å². The van der Waals surface area contributed by atoms with E-state index in [1.54, 1.807) is 16.2 Å². The maximum absolute atomic E-state index is 12.4. The summed E-state index contributed by atoms with van der Waals surface area (Å²) in [6.45, 7) is 3.62. The largest absolute Gasteiger partial charge is 0.340 e. The first-order valence-electron chi connectivity index (χ1n) is 8.44. The van der Waals surface area contributed by atoms with Crippen LogP contribution in [0, 0.1) is 0 Å². The molecule has 0 radical (unpaired) electrons. The summed E-state index contributed by atoms with van der Waals surface area (Å²) in [5, 5.41) is 2.35. The maximum Gasteiger partial charge on any atom is 0.286 e. The Hall–Kier alpha value is -1.97. The molecule has 1 atom stereocenters. The first kappa shape index (κ1) is 17.4. The molecule has 0 bridgehead atoms. The number of carbonyl (C=O) groups excluding carboxylic acids is 3. The van der Waals surface area contributed by atoms with E-state index in [1.807, 2.05) is 18.2 Å². The van der Waals surface area contributed by atoms with Gasteiger partial charge in [-0.3, -0.25) is 24.6 Å². The number of thiazole rings is 1. The summed E-state index contributed by atoms with van der Waals surface area (Å²) in [5.41, 5.74) is 1.03. The second kappa shape index (κ2) is 7.34. The molecular formula is C17H18N4O3S2. The van der Waals surface area contributed by atoms with Gasteiger partial charge >= 0.3 is 0 Å². The lowest BCUT2D eigenvalue weighted by atomic mass is 10.2. The van der Waals surface area contributed by atoms with Crippen molar-refractivity contribution in [3.8, 4) is 0 Å². The molecule has 2 fully saturated rings. The smallest absolute Gasteiger partial charge is 0.286 e. The molecule has 1 N–H and O–H groups in total. The number of thioether (sulfide) groups is 1. The van der Waals surface area contributed by atoms with E-state index in [4.69, 9.17) is 0 Å². The van der Waals surface area contributed by atoms with Gasteiger partial charge in [0.15, 0.2) is 0 Å². The van der Waals surface area contributed by atoms with E-state index in [0.29, 0.717) is 13.1 Å². The number of carbonyl (C=O) groups is 3. The van der Waals surface area contributed by atoms with Gasteiger partial charge in [0.25, 0.3) is 5.24 Å². The van der Waals surface area contributed by atoms with Gasteiger partial charge < -0.3 is 4.90 Å². The summed E-state index contributed by atoms with van der Waals surface area (Å²) in [6.07, 6.45) is 0.0834. The lowest BCUT2D eigenvalue weighted by molar-refractivity contribution is -0.134. The van der Waals surface area contributed by atoms with Crippen molar-refractivity contribution in [2.24, 2.45) is 0 Å². The van der Waals surface area contributed by atoms with Crippen LogP contribution in [-0.2, 0) is 16.1 Å². The molecule has 9 heteroatoms. The number of fused-ring (bicyclic) bond motifs is 1. The molecule has 2 aliphatic heterocycles. The van der Waals surface area contributed by atoms with Crippen LogP contribution in [0.3, 0.4) is 0 Å². The Morgan fingerprint density at radius 3 is 2.65 bits per heavy atom. The molecule has 2 saturated heterocycles. The molecule has 136 valence electrons. The monoisotopic (exact) mass is 390 g/mol. The van der Waals surface area contributed by atoms with Crippen LogP contribution in [0.2, 0.25) is 0 Å². The van der Waals surface area contributed by atoms with Gasteiger partial charge in [0, 0.05) is 32.6 Å². The molecule has 1 unspecified atom stereocenters. The summed E-state index contributed by atoms with van der Waals surface area (Å²) < 4.78 is 1.19. The molecule has 2 aromatic rings. The number of hydrogen-bond donors (Lipinski definition) is 1. The molecule has 26 heavy (non-hydrogen) atoms. The Morgan fingerprint density at radius 2 is 1.96 bits per heavy atom. The van der Waals surface area contributed by atoms with E-state index in [-0.39, 0.29) is 23.5 Å². The quantitative estimate of drug-likeness (QED) is 0.855. The lowest BCUT2D eigenvalue weighted by Crippen LogP contribution is -2.49. The number of nitrogens with zero attached hydrogens (tertiary/aromatic N) is 3. The van der Waals surface area contributed by atoms with E-state index in [1.165, 1.54) is 4.70 Å².